The molecule has 1 aromatic carbocycles. The van der Waals surface area contributed by atoms with Crippen LogP contribution in [0.5, 0.6) is 5.88 Å². The molecule has 0 saturated carbocycles. The van der Waals surface area contributed by atoms with Crippen LogP contribution in [-0.4, -0.2) is 18.1 Å². The summed E-state index contributed by atoms with van der Waals surface area (Å²) >= 11 is 3.55. The first kappa shape index (κ1) is 14.5. The Morgan fingerprint density at radius 3 is 2.81 bits per heavy atom. The number of hydrogen-bond donors (Lipinski definition) is 1. The van der Waals surface area contributed by atoms with E-state index in [2.05, 4.69) is 50.5 Å². The SMILES string of the molecule is Cc1cnc(O[C@@H](c2ccccc2)[C@H]2CCNC2)c(Br)c1. The average Bonchev–Trinajstić information content (AvgIpc) is 3.01. The summed E-state index contributed by atoms with van der Waals surface area (Å²) in [6, 6.07) is 12.5. The van der Waals surface area contributed by atoms with Gasteiger partial charge in [0.05, 0.1) is 4.47 Å². The molecule has 1 saturated heterocycles. The van der Waals surface area contributed by atoms with Crippen molar-refractivity contribution in [3.63, 3.8) is 0 Å². The van der Waals surface area contributed by atoms with Gasteiger partial charge in [-0.15, -0.1) is 0 Å². The molecule has 3 nitrogen and oxygen atoms in total. The highest BCUT2D eigenvalue weighted by Crippen LogP contribution is 2.34. The van der Waals surface area contributed by atoms with Crippen molar-refractivity contribution in [2.24, 2.45) is 5.92 Å². The van der Waals surface area contributed by atoms with Crippen molar-refractivity contribution < 1.29 is 4.74 Å². The molecule has 0 amide bonds. The Labute approximate surface area is 133 Å². The number of rotatable bonds is 4. The minimum Gasteiger partial charge on any atom is -0.468 e. The fourth-order valence-corrected chi connectivity index (χ4v) is 3.30. The van der Waals surface area contributed by atoms with Gasteiger partial charge in [0.15, 0.2) is 0 Å². The van der Waals surface area contributed by atoms with Crippen LogP contribution in [0.4, 0.5) is 0 Å². The number of ether oxygens (including phenoxy) is 1. The number of halogens is 1. The minimum absolute atomic E-state index is 0.0349. The maximum atomic E-state index is 6.27. The lowest BCUT2D eigenvalue weighted by Gasteiger charge is -2.24. The lowest BCUT2D eigenvalue weighted by Crippen LogP contribution is -2.21. The van der Waals surface area contributed by atoms with Gasteiger partial charge in [-0.1, -0.05) is 30.3 Å². The third-order valence-corrected chi connectivity index (χ3v) is 4.41. The number of hydrogen-bond acceptors (Lipinski definition) is 3. The van der Waals surface area contributed by atoms with Crippen LogP contribution in [0.2, 0.25) is 0 Å². The molecule has 1 fully saturated rings. The molecular weight excluding hydrogens is 328 g/mol. The highest BCUT2D eigenvalue weighted by Gasteiger charge is 2.28. The topological polar surface area (TPSA) is 34.1 Å². The van der Waals surface area contributed by atoms with E-state index >= 15 is 0 Å². The lowest BCUT2D eigenvalue weighted by atomic mass is 9.95. The van der Waals surface area contributed by atoms with Gasteiger partial charge in [-0.05, 0) is 53.0 Å². The zero-order valence-electron chi connectivity index (χ0n) is 12.1. The second-order valence-electron chi connectivity index (χ2n) is 5.50. The Bertz CT molecular complexity index is 597. The molecule has 4 heteroatoms. The molecule has 2 aromatic rings. The molecular formula is C17H19BrN2O. The third kappa shape index (κ3) is 3.44. The van der Waals surface area contributed by atoms with Crippen LogP contribution in [0, 0.1) is 12.8 Å². The van der Waals surface area contributed by atoms with Crippen LogP contribution >= 0.6 is 15.9 Å². The van der Waals surface area contributed by atoms with Crippen LogP contribution in [-0.2, 0) is 0 Å². The van der Waals surface area contributed by atoms with Crippen LogP contribution in [0.15, 0.2) is 47.1 Å². The van der Waals surface area contributed by atoms with E-state index in [-0.39, 0.29) is 6.10 Å². The van der Waals surface area contributed by atoms with Crippen molar-refractivity contribution in [2.45, 2.75) is 19.4 Å². The summed E-state index contributed by atoms with van der Waals surface area (Å²) in [6.45, 7) is 4.07. The van der Waals surface area contributed by atoms with Gasteiger partial charge in [0.1, 0.15) is 6.10 Å². The van der Waals surface area contributed by atoms with E-state index in [0.717, 1.165) is 29.5 Å². The predicted molar refractivity (Wildman–Crippen MR) is 87.5 cm³/mol. The normalized spacial score (nSPS) is 19.4. The van der Waals surface area contributed by atoms with Crippen molar-refractivity contribution in [3.05, 3.63) is 58.2 Å². The van der Waals surface area contributed by atoms with Gasteiger partial charge >= 0.3 is 0 Å². The first-order valence-electron chi connectivity index (χ1n) is 7.28. The van der Waals surface area contributed by atoms with Crippen LogP contribution in [0.3, 0.4) is 0 Å². The van der Waals surface area contributed by atoms with Crippen molar-refractivity contribution in [3.8, 4) is 5.88 Å². The summed E-state index contributed by atoms with van der Waals surface area (Å²) in [5, 5.41) is 3.42. The van der Waals surface area contributed by atoms with E-state index in [4.69, 9.17) is 4.74 Å². The summed E-state index contributed by atoms with van der Waals surface area (Å²) < 4.78 is 7.18. The number of nitrogens with zero attached hydrogens (tertiary/aromatic N) is 1. The molecule has 110 valence electrons. The number of pyridine rings is 1. The average molecular weight is 347 g/mol. The molecule has 1 aliphatic rings. The van der Waals surface area contributed by atoms with Gasteiger partial charge in [0.2, 0.25) is 5.88 Å². The molecule has 2 heterocycles. The highest BCUT2D eigenvalue weighted by molar-refractivity contribution is 9.10. The number of benzene rings is 1. The third-order valence-electron chi connectivity index (χ3n) is 3.84. The van der Waals surface area contributed by atoms with Crippen molar-refractivity contribution in [1.29, 1.82) is 0 Å². The summed E-state index contributed by atoms with van der Waals surface area (Å²) in [4.78, 5) is 4.43. The van der Waals surface area contributed by atoms with E-state index in [9.17, 15) is 0 Å². The van der Waals surface area contributed by atoms with Gasteiger partial charge in [-0.25, -0.2) is 4.98 Å². The quantitative estimate of drug-likeness (QED) is 0.911. The molecule has 0 spiro atoms. The van der Waals surface area contributed by atoms with E-state index in [0.29, 0.717) is 11.8 Å². The van der Waals surface area contributed by atoms with Gasteiger partial charge in [0.25, 0.3) is 0 Å². The van der Waals surface area contributed by atoms with Gasteiger partial charge in [0, 0.05) is 18.7 Å². The van der Waals surface area contributed by atoms with Crippen LogP contribution < -0.4 is 10.1 Å². The zero-order valence-corrected chi connectivity index (χ0v) is 13.6. The van der Waals surface area contributed by atoms with Crippen LogP contribution in [0.1, 0.15) is 23.7 Å². The summed E-state index contributed by atoms with van der Waals surface area (Å²) in [5.41, 5.74) is 2.33. The number of nitrogens with one attached hydrogen (secondary N) is 1. The molecule has 0 aliphatic carbocycles. The molecule has 0 radical (unpaired) electrons. The summed E-state index contributed by atoms with van der Waals surface area (Å²) in [6.07, 6.45) is 3.01. The standard InChI is InChI=1S/C17H19BrN2O/c1-12-9-15(18)17(20-10-12)21-16(14-7-8-19-11-14)13-5-3-2-4-6-13/h2-6,9-10,14,16,19H,7-8,11H2,1H3/t14-,16-/m0/s1. The van der Waals surface area contributed by atoms with E-state index in [1.54, 1.807) is 0 Å². The maximum Gasteiger partial charge on any atom is 0.228 e. The highest BCUT2D eigenvalue weighted by atomic mass is 79.9. The predicted octanol–water partition coefficient (Wildman–Crippen LogP) is 3.88. The largest absolute Gasteiger partial charge is 0.468 e. The molecule has 1 N–H and O–H groups in total. The van der Waals surface area contributed by atoms with E-state index < -0.39 is 0 Å². The molecule has 3 rings (SSSR count). The second kappa shape index (κ2) is 6.58. The number of aryl methyl sites for hydroxylation is 1. The lowest BCUT2D eigenvalue weighted by molar-refractivity contribution is 0.137. The minimum atomic E-state index is 0.0349. The Kier molecular flexibility index (Phi) is 4.56. The first-order chi connectivity index (χ1) is 10.2. The second-order valence-corrected chi connectivity index (χ2v) is 6.36. The molecule has 21 heavy (non-hydrogen) atoms. The zero-order chi connectivity index (χ0) is 14.7. The Morgan fingerprint density at radius 2 is 2.14 bits per heavy atom. The first-order valence-corrected chi connectivity index (χ1v) is 8.08. The van der Waals surface area contributed by atoms with E-state index in [1.165, 1.54) is 5.56 Å². The monoisotopic (exact) mass is 346 g/mol. The van der Waals surface area contributed by atoms with Gasteiger partial charge in [-0.2, -0.15) is 0 Å². The fraction of sp³-hybridized carbons (Fsp3) is 0.353. The van der Waals surface area contributed by atoms with Crippen LogP contribution in [0.25, 0.3) is 0 Å². The molecule has 1 aromatic heterocycles. The van der Waals surface area contributed by atoms with Gasteiger partial charge in [-0.3, -0.25) is 0 Å². The number of aromatic nitrogens is 1. The Balaban J connectivity index is 1.88. The fourth-order valence-electron chi connectivity index (χ4n) is 2.74. The van der Waals surface area contributed by atoms with Crippen molar-refractivity contribution in [2.75, 3.05) is 13.1 Å². The molecule has 2 atom stereocenters. The molecule has 0 bridgehead atoms. The molecule has 1 aliphatic heterocycles. The maximum absolute atomic E-state index is 6.27. The molecule has 0 unspecified atom stereocenters. The van der Waals surface area contributed by atoms with Crippen molar-refractivity contribution in [1.82, 2.24) is 10.3 Å². The van der Waals surface area contributed by atoms with Crippen molar-refractivity contribution >= 4 is 15.9 Å². The van der Waals surface area contributed by atoms with Gasteiger partial charge < -0.3 is 10.1 Å². The van der Waals surface area contributed by atoms with E-state index in [1.807, 2.05) is 25.3 Å². The summed E-state index contributed by atoms with van der Waals surface area (Å²) in [5.74, 6) is 1.14. The Morgan fingerprint density at radius 1 is 1.33 bits per heavy atom. The summed E-state index contributed by atoms with van der Waals surface area (Å²) in [7, 11) is 0. The smallest absolute Gasteiger partial charge is 0.228 e. The Hall–Kier alpha value is -1.39.